The van der Waals surface area contributed by atoms with Crippen LogP contribution in [0.25, 0.3) is 28.0 Å². The Morgan fingerprint density at radius 3 is 2.45 bits per heavy atom. The van der Waals surface area contributed by atoms with E-state index in [1.165, 1.54) is 0 Å². The summed E-state index contributed by atoms with van der Waals surface area (Å²) >= 11 is 6.06. The molecule has 0 aliphatic heterocycles. The van der Waals surface area contributed by atoms with Gasteiger partial charge < -0.3 is 4.90 Å². The molecule has 146 valence electrons. The Bertz CT molecular complexity index is 1210. The van der Waals surface area contributed by atoms with E-state index in [9.17, 15) is 4.79 Å². The average Bonchev–Trinajstić information content (AvgIpc) is 2.76. The smallest absolute Gasteiger partial charge is 0.266 e. The Morgan fingerprint density at radius 1 is 1.00 bits per heavy atom. The first-order chi connectivity index (χ1) is 14.1. The highest BCUT2D eigenvalue weighted by Crippen LogP contribution is 2.25. The molecule has 0 N–H and O–H groups in total. The van der Waals surface area contributed by atoms with E-state index in [0.717, 1.165) is 24.3 Å². The summed E-state index contributed by atoms with van der Waals surface area (Å²) in [6.07, 6.45) is 3.58. The lowest BCUT2D eigenvalue weighted by Gasteiger charge is -2.21. The molecule has 29 heavy (non-hydrogen) atoms. The second kappa shape index (κ2) is 8.05. The fourth-order valence-corrected chi connectivity index (χ4v) is 3.59. The summed E-state index contributed by atoms with van der Waals surface area (Å²) in [5.41, 5.74) is 3.03. The van der Waals surface area contributed by atoms with Gasteiger partial charge in [-0.2, -0.15) is 0 Å². The van der Waals surface area contributed by atoms with E-state index in [1.54, 1.807) is 29.0 Å². The van der Waals surface area contributed by atoms with Gasteiger partial charge in [-0.15, -0.1) is 0 Å². The zero-order chi connectivity index (χ0) is 20.4. The maximum Gasteiger partial charge on any atom is 0.266 e. The number of fused-ring (bicyclic) bond motifs is 1. The summed E-state index contributed by atoms with van der Waals surface area (Å²) in [4.78, 5) is 24.9. The fourth-order valence-electron chi connectivity index (χ4n) is 3.47. The standard InChI is InChI=1S/C23H21ClN4O/c1-3-27(4-2)19-13-16(14-25-15-19)22-26-21-8-6-5-7-20(21)23(29)28(22)18-11-9-17(24)10-12-18/h5-15H,3-4H2,1-2H3. The molecule has 0 saturated heterocycles. The van der Waals surface area contributed by atoms with Crippen molar-refractivity contribution in [3.05, 3.63) is 82.4 Å². The van der Waals surface area contributed by atoms with E-state index in [-0.39, 0.29) is 5.56 Å². The molecule has 0 bridgehead atoms. The third-order valence-corrected chi connectivity index (χ3v) is 5.22. The number of rotatable bonds is 5. The molecule has 0 aliphatic rings. The molecule has 0 amide bonds. The summed E-state index contributed by atoms with van der Waals surface area (Å²) in [6.45, 7) is 5.95. The van der Waals surface area contributed by atoms with Crippen LogP contribution < -0.4 is 10.5 Å². The summed E-state index contributed by atoms with van der Waals surface area (Å²) < 4.78 is 1.63. The summed E-state index contributed by atoms with van der Waals surface area (Å²) in [5, 5.41) is 1.18. The molecule has 6 heteroatoms. The van der Waals surface area contributed by atoms with Crippen molar-refractivity contribution >= 4 is 28.2 Å². The largest absolute Gasteiger partial charge is 0.371 e. The van der Waals surface area contributed by atoms with Crippen LogP contribution in [-0.2, 0) is 0 Å². The molecule has 2 heterocycles. The number of halogens is 1. The van der Waals surface area contributed by atoms with Gasteiger partial charge in [-0.05, 0) is 56.3 Å². The van der Waals surface area contributed by atoms with Gasteiger partial charge in [-0.3, -0.25) is 14.3 Å². The SMILES string of the molecule is CCN(CC)c1cncc(-c2nc3ccccc3c(=O)n2-c2ccc(Cl)cc2)c1. The Labute approximate surface area is 174 Å². The Hall–Kier alpha value is -3.18. The molecular weight excluding hydrogens is 384 g/mol. The first-order valence-electron chi connectivity index (χ1n) is 9.60. The molecule has 4 rings (SSSR count). The number of aromatic nitrogens is 3. The third kappa shape index (κ3) is 3.61. The van der Waals surface area contributed by atoms with Crippen LogP contribution in [0.2, 0.25) is 5.02 Å². The van der Waals surface area contributed by atoms with Crippen LogP contribution >= 0.6 is 11.6 Å². The van der Waals surface area contributed by atoms with Crippen molar-refractivity contribution < 1.29 is 0 Å². The van der Waals surface area contributed by atoms with Gasteiger partial charge in [0.2, 0.25) is 0 Å². The van der Waals surface area contributed by atoms with E-state index < -0.39 is 0 Å². The molecular formula is C23H21ClN4O. The van der Waals surface area contributed by atoms with Crippen molar-refractivity contribution in [2.24, 2.45) is 0 Å². The first-order valence-corrected chi connectivity index (χ1v) is 9.98. The van der Waals surface area contributed by atoms with Gasteiger partial charge in [0.25, 0.3) is 5.56 Å². The van der Waals surface area contributed by atoms with E-state index >= 15 is 0 Å². The summed E-state index contributed by atoms with van der Waals surface area (Å²) in [7, 11) is 0. The zero-order valence-corrected chi connectivity index (χ0v) is 17.1. The highest BCUT2D eigenvalue weighted by molar-refractivity contribution is 6.30. The Balaban J connectivity index is 2.01. The van der Waals surface area contributed by atoms with Gasteiger partial charge in [0.1, 0.15) is 5.82 Å². The highest BCUT2D eigenvalue weighted by Gasteiger charge is 2.16. The average molecular weight is 405 g/mol. The number of para-hydroxylation sites is 1. The number of benzene rings is 2. The van der Waals surface area contributed by atoms with Crippen LogP contribution in [0, 0.1) is 0 Å². The van der Waals surface area contributed by atoms with Crippen molar-refractivity contribution in [1.29, 1.82) is 0 Å². The molecule has 0 spiro atoms. The highest BCUT2D eigenvalue weighted by atomic mass is 35.5. The molecule has 2 aromatic carbocycles. The van der Waals surface area contributed by atoms with Crippen molar-refractivity contribution in [3.63, 3.8) is 0 Å². The number of nitrogens with zero attached hydrogens (tertiary/aromatic N) is 4. The van der Waals surface area contributed by atoms with Gasteiger partial charge in [0.05, 0.1) is 28.5 Å². The third-order valence-electron chi connectivity index (χ3n) is 4.97. The van der Waals surface area contributed by atoms with Crippen LogP contribution in [0.5, 0.6) is 0 Å². The Kier molecular flexibility index (Phi) is 5.32. The Morgan fingerprint density at radius 2 is 1.72 bits per heavy atom. The maximum absolute atomic E-state index is 13.4. The summed E-state index contributed by atoms with van der Waals surface area (Å²) in [6, 6.07) is 16.6. The van der Waals surface area contributed by atoms with Gasteiger partial charge in [0, 0.05) is 29.9 Å². The van der Waals surface area contributed by atoms with Gasteiger partial charge in [0.15, 0.2) is 0 Å². The van der Waals surface area contributed by atoms with E-state index in [1.807, 2.05) is 42.6 Å². The number of hydrogen-bond acceptors (Lipinski definition) is 4. The number of anilines is 1. The minimum atomic E-state index is -0.124. The van der Waals surface area contributed by atoms with Crippen LogP contribution in [0.1, 0.15) is 13.8 Å². The number of pyridine rings is 1. The zero-order valence-electron chi connectivity index (χ0n) is 16.3. The molecule has 0 unspecified atom stereocenters. The van der Waals surface area contributed by atoms with Crippen LogP contribution in [0.15, 0.2) is 71.8 Å². The number of hydrogen-bond donors (Lipinski definition) is 0. The minimum absolute atomic E-state index is 0.124. The molecule has 0 radical (unpaired) electrons. The fraction of sp³-hybridized carbons (Fsp3) is 0.174. The summed E-state index contributed by atoms with van der Waals surface area (Å²) in [5.74, 6) is 0.553. The second-order valence-corrected chi connectivity index (χ2v) is 7.11. The predicted octanol–water partition coefficient (Wildman–Crippen LogP) is 4.95. The second-order valence-electron chi connectivity index (χ2n) is 6.67. The molecule has 0 saturated carbocycles. The molecule has 0 aliphatic carbocycles. The van der Waals surface area contributed by atoms with Crippen molar-refractivity contribution in [3.8, 4) is 17.1 Å². The monoisotopic (exact) mass is 404 g/mol. The lowest BCUT2D eigenvalue weighted by Crippen LogP contribution is -2.23. The van der Waals surface area contributed by atoms with E-state index in [2.05, 4.69) is 23.7 Å². The van der Waals surface area contributed by atoms with Gasteiger partial charge in [-0.1, -0.05) is 23.7 Å². The molecule has 5 nitrogen and oxygen atoms in total. The van der Waals surface area contributed by atoms with Crippen LogP contribution in [0.4, 0.5) is 5.69 Å². The first kappa shape index (κ1) is 19.2. The van der Waals surface area contributed by atoms with Crippen molar-refractivity contribution in [2.75, 3.05) is 18.0 Å². The van der Waals surface area contributed by atoms with Gasteiger partial charge >= 0.3 is 0 Å². The predicted molar refractivity (Wildman–Crippen MR) is 119 cm³/mol. The normalized spacial score (nSPS) is 11.0. The quantitative estimate of drug-likeness (QED) is 0.472. The molecule has 0 fully saturated rings. The minimum Gasteiger partial charge on any atom is -0.371 e. The molecule has 2 aromatic heterocycles. The van der Waals surface area contributed by atoms with E-state index in [0.29, 0.717) is 27.4 Å². The van der Waals surface area contributed by atoms with Crippen molar-refractivity contribution in [1.82, 2.24) is 14.5 Å². The lowest BCUT2D eigenvalue weighted by atomic mass is 10.1. The van der Waals surface area contributed by atoms with Crippen LogP contribution in [0.3, 0.4) is 0 Å². The lowest BCUT2D eigenvalue weighted by molar-refractivity contribution is 0.862. The topological polar surface area (TPSA) is 51.0 Å². The molecule has 4 aromatic rings. The van der Waals surface area contributed by atoms with Gasteiger partial charge in [-0.25, -0.2) is 4.98 Å². The van der Waals surface area contributed by atoms with Crippen LogP contribution in [-0.4, -0.2) is 27.6 Å². The molecule has 0 atom stereocenters. The van der Waals surface area contributed by atoms with E-state index in [4.69, 9.17) is 16.6 Å². The van der Waals surface area contributed by atoms with Crippen molar-refractivity contribution in [2.45, 2.75) is 13.8 Å². The maximum atomic E-state index is 13.4.